The molecule has 0 unspecified atom stereocenters. The summed E-state index contributed by atoms with van der Waals surface area (Å²) in [5.41, 5.74) is 2.51. The standard InChI is InChI=1S/C25H21FN6O4.CH4/c1-15(33)28-11-19-13-32(25(35)36-19)18-5-6-20(21(26)9-18)16-4-7-23-30-22(14-31(23)12-16)24(34)29-17-3-2-8-27-10-17;/h2-10,12,14,19H,11,13H2,1H3,(H,28,33)(H,29,34);1H4/t19-;/m0./s1. The highest BCUT2D eigenvalue weighted by atomic mass is 19.1. The average Bonchev–Trinajstić information content (AvgIpc) is 3.46. The lowest BCUT2D eigenvalue weighted by atomic mass is 10.1. The number of halogens is 1. The van der Waals surface area contributed by atoms with Crippen molar-refractivity contribution < 1.29 is 23.5 Å². The number of hydrogen-bond donors (Lipinski definition) is 2. The molecular formula is C26H25FN6O4. The molecule has 11 heteroatoms. The molecule has 1 atom stereocenters. The van der Waals surface area contributed by atoms with Crippen LogP contribution in [0.2, 0.25) is 0 Å². The number of benzene rings is 1. The SMILES string of the molecule is C.CC(=O)NC[C@H]1CN(c2ccc(-c3ccc4nc(C(=O)Nc5cccnc5)cn4c3)c(F)c2)C(=O)O1. The Labute approximate surface area is 212 Å². The lowest BCUT2D eigenvalue weighted by Crippen LogP contribution is -2.33. The van der Waals surface area contributed by atoms with Gasteiger partial charge in [0.05, 0.1) is 30.7 Å². The van der Waals surface area contributed by atoms with E-state index < -0.39 is 23.9 Å². The average molecular weight is 505 g/mol. The second-order valence-corrected chi connectivity index (χ2v) is 8.22. The van der Waals surface area contributed by atoms with Gasteiger partial charge in [0.2, 0.25) is 5.91 Å². The topological polar surface area (TPSA) is 118 Å². The number of aromatic nitrogens is 3. The quantitative estimate of drug-likeness (QED) is 0.411. The highest BCUT2D eigenvalue weighted by Gasteiger charge is 2.32. The maximum atomic E-state index is 15.1. The Morgan fingerprint density at radius 3 is 2.76 bits per heavy atom. The first kappa shape index (κ1) is 25.3. The van der Waals surface area contributed by atoms with Gasteiger partial charge >= 0.3 is 6.09 Å². The van der Waals surface area contributed by atoms with Gasteiger partial charge in [0.1, 0.15) is 23.3 Å². The number of cyclic esters (lactones) is 1. The zero-order valence-electron chi connectivity index (χ0n) is 19.1. The fourth-order valence-electron chi connectivity index (χ4n) is 3.89. The molecule has 0 radical (unpaired) electrons. The number of rotatable bonds is 6. The molecule has 2 N–H and O–H groups in total. The minimum atomic E-state index is -0.602. The monoisotopic (exact) mass is 504 g/mol. The first-order chi connectivity index (χ1) is 17.4. The highest BCUT2D eigenvalue weighted by Crippen LogP contribution is 2.29. The maximum absolute atomic E-state index is 15.1. The predicted octanol–water partition coefficient (Wildman–Crippen LogP) is 3.89. The van der Waals surface area contributed by atoms with Gasteiger partial charge in [-0.2, -0.15) is 0 Å². The molecule has 1 aliphatic heterocycles. The van der Waals surface area contributed by atoms with E-state index in [9.17, 15) is 14.4 Å². The van der Waals surface area contributed by atoms with Gasteiger partial charge in [0.15, 0.2) is 0 Å². The predicted molar refractivity (Wildman–Crippen MR) is 136 cm³/mol. The first-order valence-corrected chi connectivity index (χ1v) is 11.1. The Morgan fingerprint density at radius 1 is 1.19 bits per heavy atom. The summed E-state index contributed by atoms with van der Waals surface area (Å²) in [5, 5.41) is 5.33. The van der Waals surface area contributed by atoms with Crippen molar-refractivity contribution in [3.63, 3.8) is 0 Å². The maximum Gasteiger partial charge on any atom is 0.414 e. The molecular weight excluding hydrogens is 479 g/mol. The van der Waals surface area contributed by atoms with E-state index in [1.807, 2.05) is 0 Å². The smallest absolute Gasteiger partial charge is 0.414 e. The third-order valence-electron chi connectivity index (χ3n) is 5.63. The minimum Gasteiger partial charge on any atom is -0.442 e. The van der Waals surface area contributed by atoms with Crippen molar-refractivity contribution in [2.24, 2.45) is 0 Å². The number of anilines is 2. The second-order valence-electron chi connectivity index (χ2n) is 8.22. The number of hydrogen-bond acceptors (Lipinski definition) is 6. The molecule has 10 nitrogen and oxygen atoms in total. The van der Waals surface area contributed by atoms with Gasteiger partial charge in [-0.1, -0.05) is 7.43 Å². The summed E-state index contributed by atoms with van der Waals surface area (Å²) in [6.07, 6.45) is 5.26. The second kappa shape index (κ2) is 10.4. The first-order valence-electron chi connectivity index (χ1n) is 11.1. The van der Waals surface area contributed by atoms with Crippen LogP contribution in [-0.4, -0.2) is 51.5 Å². The number of ether oxygens (including phenoxy) is 1. The molecule has 1 saturated heterocycles. The molecule has 4 heterocycles. The van der Waals surface area contributed by atoms with E-state index in [1.54, 1.807) is 59.4 Å². The molecule has 190 valence electrons. The van der Waals surface area contributed by atoms with Crippen molar-refractivity contribution in [3.05, 3.63) is 78.8 Å². The van der Waals surface area contributed by atoms with E-state index in [0.29, 0.717) is 28.1 Å². The number of fused-ring (bicyclic) bond motifs is 1. The number of amides is 3. The van der Waals surface area contributed by atoms with Crippen molar-refractivity contribution in [2.45, 2.75) is 20.5 Å². The van der Waals surface area contributed by atoms with Gasteiger partial charge in [0, 0.05) is 36.6 Å². The number of nitrogens with zero attached hydrogens (tertiary/aromatic N) is 4. The van der Waals surface area contributed by atoms with Crippen LogP contribution in [0.5, 0.6) is 0 Å². The lowest BCUT2D eigenvalue weighted by Gasteiger charge is -2.14. The van der Waals surface area contributed by atoms with Crippen LogP contribution in [0.3, 0.4) is 0 Å². The van der Waals surface area contributed by atoms with Crippen LogP contribution in [0.1, 0.15) is 24.8 Å². The van der Waals surface area contributed by atoms with Crippen LogP contribution >= 0.6 is 0 Å². The zero-order chi connectivity index (χ0) is 25.2. The van der Waals surface area contributed by atoms with Crippen LogP contribution in [0.25, 0.3) is 16.8 Å². The molecule has 3 amide bonds. The molecule has 0 bridgehead atoms. The fourth-order valence-corrected chi connectivity index (χ4v) is 3.89. The number of imidazole rings is 1. The third kappa shape index (κ3) is 5.40. The van der Waals surface area contributed by atoms with Crippen molar-refractivity contribution >= 4 is 34.9 Å². The van der Waals surface area contributed by atoms with E-state index in [-0.39, 0.29) is 32.1 Å². The molecule has 1 aliphatic rings. The summed E-state index contributed by atoms with van der Waals surface area (Å²) in [6.45, 7) is 1.76. The zero-order valence-corrected chi connectivity index (χ0v) is 19.1. The van der Waals surface area contributed by atoms with E-state index >= 15 is 4.39 Å². The van der Waals surface area contributed by atoms with Gasteiger partial charge in [0.25, 0.3) is 5.91 Å². The Kier molecular flexibility index (Phi) is 7.14. The Morgan fingerprint density at radius 2 is 2.03 bits per heavy atom. The third-order valence-corrected chi connectivity index (χ3v) is 5.63. The van der Waals surface area contributed by atoms with E-state index in [4.69, 9.17) is 4.74 Å². The van der Waals surface area contributed by atoms with Crippen molar-refractivity contribution in [3.8, 4) is 11.1 Å². The number of nitrogens with one attached hydrogen (secondary N) is 2. The van der Waals surface area contributed by atoms with Gasteiger partial charge in [-0.25, -0.2) is 14.2 Å². The van der Waals surface area contributed by atoms with E-state index in [1.165, 1.54) is 24.1 Å². The number of carbonyl (C=O) groups excluding carboxylic acids is 3. The molecule has 0 aliphatic carbocycles. The van der Waals surface area contributed by atoms with Crippen LogP contribution in [0.4, 0.5) is 20.6 Å². The Bertz CT molecular complexity index is 1470. The van der Waals surface area contributed by atoms with Crippen molar-refractivity contribution in [1.82, 2.24) is 19.7 Å². The summed E-state index contributed by atoms with van der Waals surface area (Å²) < 4.78 is 22.0. The molecule has 1 aromatic carbocycles. The Hall–Kier alpha value is -4.80. The molecule has 0 saturated carbocycles. The van der Waals surface area contributed by atoms with Gasteiger partial charge in [-0.15, -0.1) is 0 Å². The normalized spacial score (nSPS) is 14.7. The molecule has 37 heavy (non-hydrogen) atoms. The van der Waals surface area contributed by atoms with Gasteiger partial charge < -0.3 is 19.8 Å². The van der Waals surface area contributed by atoms with E-state index in [2.05, 4.69) is 20.6 Å². The Balaban J connectivity index is 0.00000320. The molecule has 1 fully saturated rings. The van der Waals surface area contributed by atoms with Gasteiger partial charge in [-0.05, 0) is 42.5 Å². The van der Waals surface area contributed by atoms with Crippen LogP contribution in [0.15, 0.2) is 67.3 Å². The molecule has 0 spiro atoms. The van der Waals surface area contributed by atoms with Crippen LogP contribution in [-0.2, 0) is 9.53 Å². The molecule has 4 aromatic rings. The summed E-state index contributed by atoms with van der Waals surface area (Å²) in [5.74, 6) is -1.14. The largest absolute Gasteiger partial charge is 0.442 e. The molecule has 3 aromatic heterocycles. The van der Waals surface area contributed by atoms with Crippen LogP contribution in [0, 0.1) is 5.82 Å². The summed E-state index contributed by atoms with van der Waals surface area (Å²) in [7, 11) is 0. The fraction of sp³-hybridized carbons (Fsp3) is 0.192. The molecule has 5 rings (SSSR count). The lowest BCUT2D eigenvalue weighted by molar-refractivity contribution is -0.119. The van der Waals surface area contributed by atoms with Gasteiger partial charge in [-0.3, -0.25) is 19.5 Å². The van der Waals surface area contributed by atoms with Crippen molar-refractivity contribution in [2.75, 3.05) is 23.3 Å². The number of carbonyl (C=O) groups is 3. The van der Waals surface area contributed by atoms with Crippen molar-refractivity contribution in [1.29, 1.82) is 0 Å². The van der Waals surface area contributed by atoms with E-state index in [0.717, 1.165) is 0 Å². The minimum absolute atomic E-state index is 0. The summed E-state index contributed by atoms with van der Waals surface area (Å²) >= 11 is 0. The highest BCUT2D eigenvalue weighted by molar-refractivity contribution is 6.03. The summed E-state index contributed by atoms with van der Waals surface area (Å²) in [6, 6.07) is 11.3. The summed E-state index contributed by atoms with van der Waals surface area (Å²) in [4.78, 5) is 45.5. The number of pyridine rings is 2. The van der Waals surface area contributed by atoms with Crippen LogP contribution < -0.4 is 15.5 Å².